The van der Waals surface area contributed by atoms with E-state index in [1.807, 2.05) is 0 Å². The highest BCUT2D eigenvalue weighted by molar-refractivity contribution is 5.98. The molecule has 0 aliphatic carbocycles. The molecule has 0 bridgehead atoms. The summed E-state index contributed by atoms with van der Waals surface area (Å²) >= 11 is 0. The Bertz CT molecular complexity index is 2110. The van der Waals surface area contributed by atoms with E-state index in [2.05, 4.69) is 57.8 Å². The highest BCUT2D eigenvalue weighted by atomic mass is 16.4. The Morgan fingerprint density at radius 2 is 1.13 bits per heavy atom. The first-order valence-corrected chi connectivity index (χ1v) is 24.6. The molecule has 18 N–H and O–H groups in total. The number of aliphatic hydroxyl groups is 1. The number of nitrogens with one attached hydrogen (secondary N) is 10. The van der Waals surface area contributed by atoms with Crippen molar-refractivity contribution in [2.45, 2.75) is 161 Å². The zero-order valence-electron chi connectivity index (χ0n) is 43.4. The lowest BCUT2D eigenvalue weighted by Gasteiger charge is -2.30. The van der Waals surface area contributed by atoms with Gasteiger partial charge in [-0.15, -0.1) is 0 Å². The van der Waals surface area contributed by atoms with Gasteiger partial charge in [0, 0.05) is 24.7 Å². The number of nitrogens with two attached hydrogens (primary N) is 2. The number of H-pyrrole nitrogens is 1. The van der Waals surface area contributed by atoms with Crippen LogP contribution in [0.5, 0.6) is 0 Å². The first-order valence-electron chi connectivity index (χ1n) is 24.6. The molecule has 29 heteroatoms. The second kappa shape index (κ2) is 33.5. The monoisotopic (exact) mass is 1070 g/mol. The van der Waals surface area contributed by atoms with Gasteiger partial charge in [-0.05, 0) is 63.3 Å². The van der Waals surface area contributed by atoms with Gasteiger partial charge in [-0.25, -0.2) is 4.98 Å². The number of carbonyl (C=O) groups is 12. The summed E-state index contributed by atoms with van der Waals surface area (Å²) < 4.78 is 0. The van der Waals surface area contributed by atoms with E-state index in [1.165, 1.54) is 19.4 Å². The predicted octanol–water partition coefficient (Wildman–Crippen LogP) is -4.41. The Balaban J connectivity index is 3.32. The smallest absolute Gasteiger partial charge is 0.322 e. The number of aliphatic hydroxyl groups excluding tert-OH is 1. The van der Waals surface area contributed by atoms with Gasteiger partial charge in [0.15, 0.2) is 0 Å². The number of amides is 9. The molecule has 9 amide bonds. The fourth-order valence-electron chi connectivity index (χ4n) is 7.08. The van der Waals surface area contributed by atoms with Crippen LogP contribution in [0, 0.1) is 17.8 Å². The van der Waals surface area contributed by atoms with E-state index < -0.39 is 170 Å². The van der Waals surface area contributed by atoms with Gasteiger partial charge in [-0.3, -0.25) is 57.5 Å². The van der Waals surface area contributed by atoms with E-state index in [0.29, 0.717) is 18.5 Å². The van der Waals surface area contributed by atoms with Gasteiger partial charge in [0.25, 0.3) is 0 Å². The topological polar surface area (TPSA) is 475 Å². The molecule has 0 radical (unpaired) electrons. The van der Waals surface area contributed by atoms with Crippen molar-refractivity contribution in [3.63, 3.8) is 0 Å². The summed E-state index contributed by atoms with van der Waals surface area (Å²) in [6.07, 6.45) is 1.43. The number of carboxylic acid groups (broad SMARTS) is 3. The number of carboxylic acids is 3. The predicted molar refractivity (Wildman–Crippen MR) is 265 cm³/mol. The van der Waals surface area contributed by atoms with E-state index in [9.17, 15) is 67.7 Å². The molecule has 0 aliphatic heterocycles. The van der Waals surface area contributed by atoms with Crippen LogP contribution in [0.3, 0.4) is 0 Å². The number of nitrogens with zero attached hydrogens (tertiary/aromatic N) is 1. The van der Waals surface area contributed by atoms with Crippen LogP contribution < -0.4 is 59.3 Å². The third-order valence-corrected chi connectivity index (χ3v) is 11.6. The van der Waals surface area contributed by atoms with E-state index in [0.717, 1.165) is 0 Å². The fourth-order valence-corrected chi connectivity index (χ4v) is 7.08. The standard InChI is InChI=1S/C46H77N13O16/c1-8-24(6)37(46(75)56-30(15-22(2)3)40(69)50-19-35(65)66)59-45(74)36(23(4)5)58-38(67)25(7)52-43(72)31(16-26-18-49-21-51-26)55-44(73)32(20-60)57-41(70)28(11-9-10-14-47)54-42(71)29(12-13-33(61)62)53-39(68)27(48)17-34(63)64/h18,21-25,27-32,36-37,60H,8-17,19-20,47-48H2,1-7H3,(H,49,51)(H,50,69)(H,52,72)(H,53,68)(H,54,71)(H,55,73)(H,56,75)(H,57,70)(H,58,67)(H,59,74)(H,61,62)(H,63,64)(H,65,66)/t24-,25-,27-,28-,29-,30-,31-,32-,36-,37-/m0/s1. The van der Waals surface area contributed by atoms with Crippen molar-refractivity contribution in [1.29, 1.82) is 0 Å². The molecular formula is C46H77N13O16. The van der Waals surface area contributed by atoms with Crippen molar-refractivity contribution in [3.8, 4) is 0 Å². The number of imidazole rings is 1. The van der Waals surface area contributed by atoms with E-state index >= 15 is 0 Å². The lowest BCUT2D eigenvalue weighted by atomic mass is 9.95. The quantitative estimate of drug-likeness (QED) is 0.0282. The molecule has 29 nitrogen and oxygen atoms in total. The number of hydrogen-bond acceptors (Lipinski definition) is 16. The molecule has 0 saturated heterocycles. The van der Waals surface area contributed by atoms with Crippen molar-refractivity contribution >= 4 is 71.1 Å². The van der Waals surface area contributed by atoms with Gasteiger partial charge in [0.05, 0.1) is 25.4 Å². The van der Waals surface area contributed by atoms with E-state index in [1.54, 1.807) is 41.5 Å². The molecule has 0 fully saturated rings. The molecule has 75 heavy (non-hydrogen) atoms. The maximum atomic E-state index is 13.9. The SMILES string of the molecule is CC[C@H](C)[C@H](NC(=O)[C@@H](NC(=O)[C@H](C)NC(=O)[C@H](Cc1cnc[nH]1)NC(=O)[C@H](CO)NC(=O)[C@H](CCCCN)NC(=O)[C@H](CCC(=O)O)NC(=O)[C@@H](N)CC(=O)O)C(C)C)C(=O)N[C@@H](CC(C)C)C(=O)NCC(=O)O. The Hall–Kier alpha value is -7.27. The molecule has 0 unspecified atom stereocenters. The van der Waals surface area contributed by atoms with Crippen molar-refractivity contribution in [2.75, 3.05) is 19.7 Å². The third kappa shape index (κ3) is 24.5. The number of unbranched alkanes of at least 4 members (excludes halogenated alkanes) is 1. The normalized spacial score (nSPS) is 15.1. The van der Waals surface area contributed by atoms with E-state index in [4.69, 9.17) is 21.7 Å². The van der Waals surface area contributed by atoms with Gasteiger partial charge in [0.2, 0.25) is 53.2 Å². The number of aromatic nitrogens is 2. The first kappa shape index (κ1) is 65.7. The molecule has 0 spiro atoms. The Morgan fingerprint density at radius 1 is 0.600 bits per heavy atom. The van der Waals surface area contributed by atoms with Crippen LogP contribution in [-0.4, -0.2) is 176 Å². The van der Waals surface area contributed by atoms with Crippen molar-refractivity contribution in [2.24, 2.45) is 29.2 Å². The molecular weight excluding hydrogens is 991 g/mol. The van der Waals surface area contributed by atoms with Crippen LogP contribution in [0.15, 0.2) is 12.5 Å². The molecule has 0 saturated carbocycles. The Labute approximate surface area is 433 Å². The summed E-state index contributed by atoms with van der Waals surface area (Å²) in [5, 5.41) is 59.5. The van der Waals surface area contributed by atoms with Gasteiger partial charge < -0.3 is 84.7 Å². The van der Waals surface area contributed by atoms with Crippen LogP contribution in [0.4, 0.5) is 0 Å². The molecule has 422 valence electrons. The summed E-state index contributed by atoms with van der Waals surface area (Å²) in [6, 6.07) is -13.0. The fraction of sp³-hybridized carbons (Fsp3) is 0.674. The van der Waals surface area contributed by atoms with Crippen molar-refractivity contribution in [3.05, 3.63) is 18.2 Å². The highest BCUT2D eigenvalue weighted by Gasteiger charge is 2.36. The van der Waals surface area contributed by atoms with Crippen LogP contribution in [0.2, 0.25) is 0 Å². The van der Waals surface area contributed by atoms with Gasteiger partial charge in [0.1, 0.15) is 54.9 Å². The third-order valence-electron chi connectivity index (χ3n) is 11.6. The number of hydrogen-bond donors (Lipinski definition) is 16. The number of rotatable bonds is 36. The summed E-state index contributed by atoms with van der Waals surface area (Å²) in [7, 11) is 0. The summed E-state index contributed by atoms with van der Waals surface area (Å²) in [4.78, 5) is 162. The lowest BCUT2D eigenvalue weighted by molar-refractivity contribution is -0.140. The molecule has 1 rings (SSSR count). The minimum Gasteiger partial charge on any atom is -0.481 e. The maximum absolute atomic E-state index is 13.9. The Kier molecular flexibility index (Phi) is 29.4. The molecule has 1 aromatic heterocycles. The average molecular weight is 1070 g/mol. The number of aliphatic carboxylic acids is 3. The maximum Gasteiger partial charge on any atom is 0.322 e. The summed E-state index contributed by atoms with van der Waals surface area (Å²) in [5.74, 6) is -13.6. The van der Waals surface area contributed by atoms with Crippen LogP contribution in [0.1, 0.15) is 106 Å². The largest absolute Gasteiger partial charge is 0.481 e. The van der Waals surface area contributed by atoms with Gasteiger partial charge in [-0.1, -0.05) is 48.0 Å². The summed E-state index contributed by atoms with van der Waals surface area (Å²) in [6.45, 7) is 10.0. The zero-order valence-corrected chi connectivity index (χ0v) is 43.4. The number of aromatic amines is 1. The first-order chi connectivity index (χ1) is 35.1. The van der Waals surface area contributed by atoms with Gasteiger partial charge in [-0.2, -0.15) is 0 Å². The van der Waals surface area contributed by atoms with Crippen molar-refractivity contribution < 1.29 is 78.0 Å². The van der Waals surface area contributed by atoms with Crippen LogP contribution >= 0.6 is 0 Å². The molecule has 0 aliphatic rings. The molecule has 0 aromatic carbocycles. The molecule has 10 atom stereocenters. The lowest BCUT2D eigenvalue weighted by Crippen LogP contribution is -2.61. The van der Waals surface area contributed by atoms with Crippen molar-refractivity contribution in [1.82, 2.24) is 57.8 Å². The Morgan fingerprint density at radius 3 is 1.65 bits per heavy atom. The zero-order chi connectivity index (χ0) is 57.1. The number of carbonyl (C=O) groups excluding carboxylic acids is 9. The molecule has 1 heterocycles. The minimum atomic E-state index is -1.78. The van der Waals surface area contributed by atoms with Crippen LogP contribution in [-0.2, 0) is 64.0 Å². The second-order valence-corrected chi connectivity index (χ2v) is 18.8. The van der Waals surface area contributed by atoms with Gasteiger partial charge >= 0.3 is 17.9 Å². The summed E-state index contributed by atoms with van der Waals surface area (Å²) in [5.41, 5.74) is 11.6. The second-order valence-electron chi connectivity index (χ2n) is 18.8. The molecule has 1 aromatic rings. The van der Waals surface area contributed by atoms with Crippen LogP contribution in [0.25, 0.3) is 0 Å². The highest BCUT2D eigenvalue weighted by Crippen LogP contribution is 2.13. The average Bonchev–Trinajstić information content (AvgIpc) is 3.85. The minimum absolute atomic E-state index is 0.0991. The van der Waals surface area contributed by atoms with E-state index in [-0.39, 0.29) is 38.1 Å².